The summed E-state index contributed by atoms with van der Waals surface area (Å²) in [6.07, 6.45) is 0.174. The first kappa shape index (κ1) is 16.8. The van der Waals surface area contributed by atoms with Crippen LogP contribution in [0.3, 0.4) is 0 Å². The van der Waals surface area contributed by atoms with Gasteiger partial charge in [-0.05, 0) is 78.5 Å². The van der Waals surface area contributed by atoms with Crippen molar-refractivity contribution in [2.24, 2.45) is 0 Å². The molecule has 0 unspecified atom stereocenters. The summed E-state index contributed by atoms with van der Waals surface area (Å²) in [5.74, 6) is 0. The van der Waals surface area contributed by atoms with E-state index in [2.05, 4.69) is 0 Å². The van der Waals surface area contributed by atoms with Gasteiger partial charge in [-0.15, -0.1) is 0 Å². The first-order chi connectivity index (χ1) is 24.2. The number of fused-ring (bicyclic) bond motifs is 8. The smallest absolute Gasteiger partial charge is 0.143 e. The Kier molecular flexibility index (Phi) is 3.62. The van der Waals surface area contributed by atoms with Crippen molar-refractivity contribution in [2.45, 2.75) is 6.42 Å². The van der Waals surface area contributed by atoms with Gasteiger partial charge in [0.2, 0.25) is 0 Å². The molecule has 0 atom stereocenters. The Bertz CT molecular complexity index is 2860. The van der Waals surface area contributed by atoms with Crippen LogP contribution in [0.2, 0.25) is 0 Å². The van der Waals surface area contributed by atoms with Gasteiger partial charge < -0.3 is 4.42 Å². The summed E-state index contributed by atoms with van der Waals surface area (Å²) >= 11 is 0. The van der Waals surface area contributed by atoms with Crippen LogP contribution in [0.25, 0.3) is 76.2 Å². The van der Waals surface area contributed by atoms with Crippen LogP contribution in [0.1, 0.15) is 22.1 Å². The molecule has 9 aromatic rings. The summed E-state index contributed by atoms with van der Waals surface area (Å²) in [6.45, 7) is 0. The standard InChI is InChI=1S/C41H26O/c1-2-12-29-24-26(20-21-27(29)10-1)25-37-31-14-5-7-16-33(31)39(34-17-8-6-15-32(34)37)35-18-9-19-38-40(35)36-23-22-28-11-3-4-13-30(28)41(36)42-38/h1-24H,25H2/i5D,6D,7D,8D,14D,15D,16D,17D. The monoisotopic (exact) mass is 542 g/mol. The van der Waals surface area contributed by atoms with Crippen LogP contribution in [0.15, 0.2) is 150 Å². The molecule has 8 aromatic carbocycles. The fraction of sp³-hybridized carbons (Fsp3) is 0.0244. The molecule has 0 radical (unpaired) electrons. The lowest BCUT2D eigenvalue weighted by Gasteiger charge is -2.18. The quantitative estimate of drug-likeness (QED) is 0.202. The Morgan fingerprint density at radius 1 is 0.524 bits per heavy atom. The molecule has 0 spiro atoms. The molecule has 196 valence electrons. The van der Waals surface area contributed by atoms with Crippen molar-refractivity contribution in [3.63, 3.8) is 0 Å². The Morgan fingerprint density at radius 3 is 1.98 bits per heavy atom. The maximum Gasteiger partial charge on any atom is 0.143 e. The molecule has 42 heavy (non-hydrogen) atoms. The molecule has 0 aliphatic heterocycles. The van der Waals surface area contributed by atoms with Crippen LogP contribution in [-0.4, -0.2) is 0 Å². The molecule has 9 rings (SSSR count). The van der Waals surface area contributed by atoms with Gasteiger partial charge in [0.05, 0.1) is 11.0 Å². The summed E-state index contributed by atoms with van der Waals surface area (Å²) < 4.78 is 78.7. The van der Waals surface area contributed by atoms with E-state index in [9.17, 15) is 5.48 Å². The summed E-state index contributed by atoms with van der Waals surface area (Å²) in [7, 11) is 0. The fourth-order valence-electron chi connectivity index (χ4n) is 6.46. The normalized spacial score (nSPS) is 14.6. The zero-order valence-corrected chi connectivity index (χ0v) is 22.4. The van der Waals surface area contributed by atoms with E-state index in [0.717, 1.165) is 32.5 Å². The van der Waals surface area contributed by atoms with Crippen LogP contribution < -0.4 is 0 Å². The van der Waals surface area contributed by atoms with Gasteiger partial charge in [0, 0.05) is 16.2 Å². The number of hydrogen-bond donors (Lipinski definition) is 0. The summed E-state index contributed by atoms with van der Waals surface area (Å²) in [6, 6.07) is 28.5. The van der Waals surface area contributed by atoms with Crippen LogP contribution in [0, 0.1) is 0 Å². The predicted molar refractivity (Wildman–Crippen MR) is 178 cm³/mol. The highest BCUT2D eigenvalue weighted by Gasteiger charge is 2.20. The minimum atomic E-state index is -0.421. The van der Waals surface area contributed by atoms with Gasteiger partial charge in [0.15, 0.2) is 0 Å². The molecule has 0 bridgehead atoms. The molecule has 0 aliphatic carbocycles. The Labute approximate surface area is 254 Å². The van der Waals surface area contributed by atoms with Crippen LogP contribution >= 0.6 is 0 Å². The minimum Gasteiger partial charge on any atom is -0.455 e. The lowest BCUT2D eigenvalue weighted by Crippen LogP contribution is -1.96. The highest BCUT2D eigenvalue weighted by molar-refractivity contribution is 6.24. The highest BCUT2D eigenvalue weighted by atomic mass is 16.3. The fourth-order valence-corrected chi connectivity index (χ4v) is 6.46. The second-order valence-corrected chi connectivity index (χ2v) is 10.7. The van der Waals surface area contributed by atoms with Gasteiger partial charge in [-0.2, -0.15) is 0 Å². The van der Waals surface area contributed by atoms with Gasteiger partial charge in [0.1, 0.15) is 11.2 Å². The molecule has 1 heteroatoms. The zero-order valence-electron chi connectivity index (χ0n) is 30.4. The maximum atomic E-state index is 9.33. The van der Waals surface area contributed by atoms with Crippen LogP contribution in [-0.2, 0) is 6.42 Å². The summed E-state index contributed by atoms with van der Waals surface area (Å²) in [4.78, 5) is 0. The second kappa shape index (κ2) is 9.06. The average Bonchev–Trinajstić information content (AvgIpc) is 3.53. The van der Waals surface area contributed by atoms with Gasteiger partial charge in [0.25, 0.3) is 0 Å². The Morgan fingerprint density at radius 2 is 1.19 bits per heavy atom. The van der Waals surface area contributed by atoms with E-state index in [1.165, 1.54) is 0 Å². The number of furan rings is 1. The molecule has 0 saturated heterocycles. The number of rotatable bonds is 3. The van der Waals surface area contributed by atoms with Crippen molar-refractivity contribution in [1.82, 2.24) is 0 Å². The van der Waals surface area contributed by atoms with E-state index < -0.39 is 24.2 Å². The van der Waals surface area contributed by atoms with Crippen molar-refractivity contribution in [3.05, 3.63) is 157 Å². The lowest BCUT2D eigenvalue weighted by atomic mass is 9.85. The first-order valence-corrected chi connectivity index (χ1v) is 13.9. The molecule has 0 aliphatic rings. The van der Waals surface area contributed by atoms with E-state index in [1.54, 1.807) is 6.07 Å². The Balaban J connectivity index is 1.51. The molecular weight excluding hydrogens is 508 g/mol. The van der Waals surface area contributed by atoms with E-state index in [-0.39, 0.29) is 52.1 Å². The molecule has 1 aromatic heterocycles. The van der Waals surface area contributed by atoms with Gasteiger partial charge in [-0.25, -0.2) is 0 Å². The van der Waals surface area contributed by atoms with Gasteiger partial charge >= 0.3 is 0 Å². The molecule has 0 amide bonds. The van der Waals surface area contributed by atoms with Crippen molar-refractivity contribution >= 4 is 65.0 Å². The number of hydrogen-bond acceptors (Lipinski definition) is 1. The highest BCUT2D eigenvalue weighted by Crippen LogP contribution is 2.45. The average molecular weight is 543 g/mol. The number of benzene rings is 8. The molecule has 0 N–H and O–H groups in total. The Hall–Kier alpha value is -5.40. The van der Waals surface area contributed by atoms with Crippen molar-refractivity contribution < 1.29 is 15.4 Å². The van der Waals surface area contributed by atoms with E-state index >= 15 is 0 Å². The molecular formula is C41H26O. The maximum absolute atomic E-state index is 9.33. The van der Waals surface area contributed by atoms with Crippen molar-refractivity contribution in [2.75, 3.05) is 0 Å². The largest absolute Gasteiger partial charge is 0.455 e. The summed E-state index contributed by atoms with van der Waals surface area (Å²) in [5, 5.41) is 6.28. The van der Waals surface area contributed by atoms with E-state index in [1.807, 2.05) is 91.0 Å². The third-order valence-electron chi connectivity index (χ3n) is 8.33. The zero-order chi connectivity index (χ0) is 34.6. The van der Waals surface area contributed by atoms with E-state index in [0.29, 0.717) is 33.2 Å². The predicted octanol–water partition coefficient (Wildman–Crippen LogP) is 11.5. The second-order valence-electron chi connectivity index (χ2n) is 10.7. The molecule has 1 nitrogen and oxygen atoms in total. The first-order valence-electron chi connectivity index (χ1n) is 17.9. The topological polar surface area (TPSA) is 13.1 Å². The van der Waals surface area contributed by atoms with E-state index in [4.69, 9.17) is 9.90 Å². The molecule has 0 fully saturated rings. The van der Waals surface area contributed by atoms with Crippen molar-refractivity contribution in [3.8, 4) is 11.1 Å². The SMILES string of the molecule is [2H]c1c([2H])c([2H])c2c(-c3cccc4oc5c6ccccc6ccc5c34)c3c([2H])c([2H])c([2H])c([2H])c3c(Cc3ccc4ccccc4c3)c2c1[2H]. The van der Waals surface area contributed by atoms with Crippen molar-refractivity contribution in [1.29, 1.82) is 0 Å². The lowest BCUT2D eigenvalue weighted by molar-refractivity contribution is 0.673. The van der Waals surface area contributed by atoms with Gasteiger partial charge in [-0.3, -0.25) is 0 Å². The third-order valence-corrected chi connectivity index (χ3v) is 8.33. The molecule has 0 saturated carbocycles. The molecule has 1 heterocycles. The van der Waals surface area contributed by atoms with Crippen LogP contribution in [0.5, 0.6) is 0 Å². The third kappa shape index (κ3) is 3.44. The summed E-state index contributed by atoms with van der Waals surface area (Å²) in [5.41, 5.74) is 3.35. The minimum absolute atomic E-state index is 0.174. The van der Waals surface area contributed by atoms with Crippen LogP contribution in [0.4, 0.5) is 0 Å². The van der Waals surface area contributed by atoms with Gasteiger partial charge in [-0.1, -0.05) is 133 Å².